The van der Waals surface area contributed by atoms with E-state index in [2.05, 4.69) is 23.1 Å². The monoisotopic (exact) mass is 537 g/mol. The Morgan fingerprint density at radius 2 is 1.91 bits per heavy atom. The van der Waals surface area contributed by atoms with E-state index in [4.69, 9.17) is 37.4 Å². The van der Waals surface area contributed by atoms with Crippen molar-refractivity contribution in [2.45, 2.75) is 61.7 Å². The van der Waals surface area contributed by atoms with E-state index in [0.717, 1.165) is 48.7 Å². The molecule has 0 amide bonds. The molecule has 0 unspecified atom stereocenters. The molecule has 0 radical (unpaired) electrons. The number of halogens is 2. The largest absolute Gasteiger partial charge is 0.495 e. The van der Waals surface area contributed by atoms with E-state index in [1.54, 1.807) is 24.9 Å². The minimum Gasteiger partial charge on any atom is -0.495 e. The highest BCUT2D eigenvalue weighted by Gasteiger charge is 2.43. The Labute approximate surface area is 222 Å². The van der Waals surface area contributed by atoms with Crippen LogP contribution in [0.25, 0.3) is 0 Å². The fourth-order valence-corrected chi connectivity index (χ4v) is 6.43. The molecular weight excluding hydrogens is 505 g/mol. The Kier molecular flexibility index (Phi) is 8.16. The molecule has 2 aromatic carbocycles. The molecule has 1 fully saturated rings. The van der Waals surface area contributed by atoms with Gasteiger partial charge in [-0.25, -0.2) is 0 Å². The molecule has 2 heterocycles. The number of hydrogen-bond acceptors (Lipinski definition) is 6. The topological polar surface area (TPSA) is 48.0 Å². The molecule has 1 spiro atoms. The van der Waals surface area contributed by atoms with Crippen molar-refractivity contribution in [3.8, 4) is 11.5 Å². The van der Waals surface area contributed by atoms with Gasteiger partial charge in [0, 0.05) is 38.8 Å². The molecule has 35 heavy (non-hydrogen) atoms. The average Bonchev–Trinajstić information content (AvgIpc) is 3.15. The number of rotatable bonds is 7. The first-order valence-corrected chi connectivity index (χ1v) is 13.7. The van der Waals surface area contributed by atoms with Gasteiger partial charge in [0.25, 0.3) is 0 Å². The van der Waals surface area contributed by atoms with Crippen molar-refractivity contribution in [3.05, 3.63) is 51.5 Å². The lowest BCUT2D eigenvalue weighted by atomic mass is 9.74. The summed E-state index contributed by atoms with van der Waals surface area (Å²) in [4.78, 5) is 15.5. The van der Waals surface area contributed by atoms with Crippen molar-refractivity contribution in [3.63, 3.8) is 0 Å². The molecule has 1 saturated heterocycles. The van der Waals surface area contributed by atoms with Gasteiger partial charge in [0.15, 0.2) is 0 Å². The van der Waals surface area contributed by atoms with Gasteiger partial charge in [0.1, 0.15) is 17.1 Å². The van der Waals surface area contributed by atoms with Crippen LogP contribution in [0, 0.1) is 0 Å². The minimum atomic E-state index is -0.433. The number of ether oxygens (including phenoxy) is 3. The first-order chi connectivity index (χ1) is 16.6. The SMILES string of the molecule is COc1ccc(Cl)c(CSc2ccc3c(c2)OCC32CCN(CCC(=O)OC(C)(C)C)CC2)c1Cl. The van der Waals surface area contributed by atoms with E-state index in [-0.39, 0.29) is 11.4 Å². The molecule has 0 bridgehead atoms. The molecule has 5 nitrogen and oxygen atoms in total. The molecule has 0 aromatic heterocycles. The molecule has 2 aliphatic rings. The highest BCUT2D eigenvalue weighted by atomic mass is 35.5. The lowest BCUT2D eigenvalue weighted by Crippen LogP contribution is -2.44. The molecule has 0 saturated carbocycles. The van der Waals surface area contributed by atoms with E-state index in [9.17, 15) is 4.79 Å². The number of thioether (sulfide) groups is 1. The Balaban J connectivity index is 1.35. The lowest BCUT2D eigenvalue weighted by Gasteiger charge is -2.38. The zero-order chi connectivity index (χ0) is 25.2. The highest BCUT2D eigenvalue weighted by molar-refractivity contribution is 7.98. The summed E-state index contributed by atoms with van der Waals surface area (Å²) in [5.74, 6) is 2.11. The Morgan fingerprint density at radius 1 is 1.17 bits per heavy atom. The number of piperidine rings is 1. The van der Waals surface area contributed by atoms with Crippen molar-refractivity contribution in [2.75, 3.05) is 33.4 Å². The zero-order valence-corrected chi connectivity index (χ0v) is 23.1. The average molecular weight is 539 g/mol. The van der Waals surface area contributed by atoms with Crippen LogP contribution in [0.5, 0.6) is 11.5 Å². The number of benzene rings is 2. The molecule has 8 heteroatoms. The fraction of sp³-hybridized carbons (Fsp3) is 0.519. The van der Waals surface area contributed by atoms with E-state index in [0.29, 0.717) is 34.6 Å². The van der Waals surface area contributed by atoms with Gasteiger partial charge in [-0.1, -0.05) is 29.3 Å². The first-order valence-electron chi connectivity index (χ1n) is 12.0. The standard InChI is InChI=1S/C27H33Cl2NO4S/c1-26(2,3)34-24(31)9-12-30-13-10-27(11-14-30)17-33-23-15-18(5-6-20(23)27)35-16-19-21(28)7-8-22(32-4)25(19)29/h5-8,15H,9-14,16-17H2,1-4H3. The molecule has 4 rings (SSSR count). The molecule has 0 atom stereocenters. The molecular formula is C27H33Cl2NO4S. The van der Waals surface area contributed by atoms with Crippen molar-refractivity contribution < 1.29 is 19.0 Å². The number of carbonyl (C=O) groups is 1. The van der Waals surface area contributed by atoms with Crippen LogP contribution in [0.1, 0.15) is 51.2 Å². The summed E-state index contributed by atoms with van der Waals surface area (Å²) < 4.78 is 16.9. The number of likely N-dealkylation sites (tertiary alicyclic amines) is 1. The maximum atomic E-state index is 12.1. The zero-order valence-electron chi connectivity index (χ0n) is 20.8. The number of esters is 1. The second kappa shape index (κ2) is 10.8. The molecule has 2 aromatic rings. The molecule has 2 aliphatic heterocycles. The first kappa shape index (κ1) is 26.5. The van der Waals surface area contributed by atoms with Crippen LogP contribution in [0.2, 0.25) is 10.0 Å². The predicted octanol–water partition coefficient (Wildman–Crippen LogP) is 6.75. The quantitative estimate of drug-likeness (QED) is 0.287. The van der Waals surface area contributed by atoms with Gasteiger partial charge in [-0.15, -0.1) is 11.8 Å². The summed E-state index contributed by atoms with van der Waals surface area (Å²) in [5.41, 5.74) is 1.79. The number of nitrogens with zero attached hydrogens (tertiary/aromatic N) is 1. The van der Waals surface area contributed by atoms with Gasteiger partial charge >= 0.3 is 5.97 Å². The summed E-state index contributed by atoms with van der Waals surface area (Å²) in [6.07, 6.45) is 2.48. The Hall–Kier alpha value is -1.60. The third-order valence-electron chi connectivity index (χ3n) is 6.65. The van der Waals surface area contributed by atoms with E-state index >= 15 is 0 Å². The summed E-state index contributed by atoms with van der Waals surface area (Å²) >= 11 is 14.5. The Bertz CT molecular complexity index is 1080. The molecule has 190 valence electrons. The van der Waals surface area contributed by atoms with Gasteiger partial charge in [0.2, 0.25) is 0 Å². The van der Waals surface area contributed by atoms with E-state index in [1.165, 1.54) is 5.56 Å². The van der Waals surface area contributed by atoms with Gasteiger partial charge in [-0.05, 0) is 71.0 Å². The number of hydrogen-bond donors (Lipinski definition) is 0. The van der Waals surface area contributed by atoms with Crippen LogP contribution < -0.4 is 9.47 Å². The van der Waals surface area contributed by atoms with Crippen molar-refractivity contribution >= 4 is 40.9 Å². The second-order valence-electron chi connectivity index (χ2n) is 10.2. The van der Waals surface area contributed by atoms with Crippen LogP contribution in [0.4, 0.5) is 0 Å². The third kappa shape index (κ3) is 6.22. The summed E-state index contributed by atoms with van der Waals surface area (Å²) in [7, 11) is 1.60. The molecule has 0 aliphatic carbocycles. The second-order valence-corrected chi connectivity index (χ2v) is 12.1. The van der Waals surface area contributed by atoms with Crippen molar-refractivity contribution in [1.82, 2.24) is 4.90 Å². The maximum absolute atomic E-state index is 12.1. The van der Waals surface area contributed by atoms with Crippen LogP contribution in [0.3, 0.4) is 0 Å². The fourth-order valence-electron chi connectivity index (χ4n) is 4.73. The van der Waals surface area contributed by atoms with E-state index < -0.39 is 5.60 Å². The molecule has 0 N–H and O–H groups in total. The van der Waals surface area contributed by atoms with Crippen LogP contribution >= 0.6 is 35.0 Å². The lowest BCUT2D eigenvalue weighted by molar-refractivity contribution is -0.155. The van der Waals surface area contributed by atoms with E-state index in [1.807, 2.05) is 26.8 Å². The number of carbonyl (C=O) groups excluding carboxylic acids is 1. The summed E-state index contributed by atoms with van der Waals surface area (Å²) in [6.45, 7) is 9.07. The smallest absolute Gasteiger partial charge is 0.307 e. The van der Waals surface area contributed by atoms with Gasteiger partial charge in [0.05, 0.1) is 25.2 Å². The van der Waals surface area contributed by atoms with Gasteiger partial charge in [-0.2, -0.15) is 0 Å². The summed E-state index contributed by atoms with van der Waals surface area (Å²) in [6, 6.07) is 10.1. The number of methoxy groups -OCH3 is 1. The van der Waals surface area contributed by atoms with Crippen molar-refractivity contribution in [2.24, 2.45) is 0 Å². The number of fused-ring (bicyclic) bond motifs is 2. The predicted molar refractivity (Wildman–Crippen MR) is 142 cm³/mol. The van der Waals surface area contributed by atoms with Crippen molar-refractivity contribution in [1.29, 1.82) is 0 Å². The highest BCUT2D eigenvalue weighted by Crippen LogP contribution is 2.47. The van der Waals surface area contributed by atoms with Crippen LogP contribution in [0.15, 0.2) is 35.2 Å². The minimum absolute atomic E-state index is 0.0559. The Morgan fingerprint density at radius 3 is 2.60 bits per heavy atom. The van der Waals surface area contributed by atoms with Crippen LogP contribution in [-0.4, -0.2) is 49.8 Å². The van der Waals surface area contributed by atoms with Crippen LogP contribution in [-0.2, 0) is 20.7 Å². The summed E-state index contributed by atoms with van der Waals surface area (Å²) in [5, 5.41) is 1.19. The normalized spacial score (nSPS) is 17.2. The third-order valence-corrected chi connectivity index (χ3v) is 8.44. The van der Waals surface area contributed by atoms with Gasteiger partial charge in [-0.3, -0.25) is 4.79 Å². The maximum Gasteiger partial charge on any atom is 0.307 e. The van der Waals surface area contributed by atoms with Gasteiger partial charge < -0.3 is 19.1 Å².